The van der Waals surface area contributed by atoms with E-state index in [-0.39, 0.29) is 17.7 Å². The maximum Gasteiger partial charge on any atom is 0.272 e. The molecule has 0 saturated carbocycles. The Morgan fingerprint density at radius 3 is 2.25 bits per heavy atom. The minimum atomic E-state index is -0.388. The Balaban J connectivity index is 1.90. The van der Waals surface area contributed by atoms with Crippen molar-refractivity contribution in [2.45, 2.75) is 19.3 Å². The van der Waals surface area contributed by atoms with Gasteiger partial charge < -0.3 is 5.73 Å². The summed E-state index contributed by atoms with van der Waals surface area (Å²) in [7, 11) is 0. The number of amides is 3. The Bertz CT molecular complexity index is 546. The van der Waals surface area contributed by atoms with Crippen LogP contribution in [0.3, 0.4) is 0 Å². The number of hydrogen-bond donors (Lipinski definition) is 2. The number of anilines is 1. The van der Waals surface area contributed by atoms with Gasteiger partial charge in [-0.05, 0) is 30.5 Å². The number of carbonyl (C=O) groups is 3. The van der Waals surface area contributed by atoms with Gasteiger partial charge in [-0.3, -0.25) is 19.8 Å². The van der Waals surface area contributed by atoms with Crippen molar-refractivity contribution in [3.63, 3.8) is 0 Å². The summed E-state index contributed by atoms with van der Waals surface area (Å²) < 4.78 is 0. The van der Waals surface area contributed by atoms with Crippen molar-refractivity contribution >= 4 is 23.4 Å². The normalized spacial score (nSPS) is 13.9. The molecule has 1 aliphatic heterocycles. The van der Waals surface area contributed by atoms with Gasteiger partial charge in [0.25, 0.3) is 11.8 Å². The molecule has 3 amide bonds. The fraction of sp³-hybridized carbons (Fsp3) is 0.214. The van der Waals surface area contributed by atoms with Crippen LogP contribution in [0.25, 0.3) is 0 Å². The van der Waals surface area contributed by atoms with E-state index in [0.29, 0.717) is 18.5 Å². The molecule has 1 aromatic carbocycles. The Kier molecular flexibility index (Phi) is 4.14. The topological polar surface area (TPSA) is 92.5 Å². The van der Waals surface area contributed by atoms with E-state index in [1.54, 1.807) is 12.1 Å². The number of nitrogens with one attached hydrogen (secondary N) is 1. The van der Waals surface area contributed by atoms with E-state index in [9.17, 15) is 14.4 Å². The van der Waals surface area contributed by atoms with Crippen molar-refractivity contribution in [3.8, 4) is 0 Å². The van der Waals surface area contributed by atoms with Gasteiger partial charge in [0.15, 0.2) is 0 Å². The van der Waals surface area contributed by atoms with Crippen LogP contribution in [0.1, 0.15) is 18.4 Å². The first kappa shape index (κ1) is 13.8. The molecule has 0 aromatic heterocycles. The maximum atomic E-state index is 11.4. The molecule has 6 nitrogen and oxygen atoms in total. The number of primary amides is 1. The summed E-state index contributed by atoms with van der Waals surface area (Å²) >= 11 is 0. The zero-order chi connectivity index (χ0) is 14.5. The summed E-state index contributed by atoms with van der Waals surface area (Å²) in [6.07, 6.45) is 4.25. The van der Waals surface area contributed by atoms with Gasteiger partial charge >= 0.3 is 0 Å². The number of nitrogens with zero attached hydrogens (tertiary/aromatic N) is 1. The fourth-order valence-electron chi connectivity index (χ4n) is 1.85. The average Bonchev–Trinajstić information content (AvgIpc) is 2.72. The Morgan fingerprint density at radius 2 is 1.70 bits per heavy atom. The van der Waals surface area contributed by atoms with Crippen molar-refractivity contribution in [3.05, 3.63) is 42.0 Å². The molecule has 20 heavy (non-hydrogen) atoms. The van der Waals surface area contributed by atoms with Crippen molar-refractivity contribution < 1.29 is 14.4 Å². The molecule has 1 aromatic rings. The Labute approximate surface area is 116 Å². The zero-order valence-electron chi connectivity index (χ0n) is 10.8. The lowest BCUT2D eigenvalue weighted by Crippen LogP contribution is -2.35. The molecule has 2 rings (SSSR count). The second-order valence-electron chi connectivity index (χ2n) is 4.47. The van der Waals surface area contributed by atoms with Crippen molar-refractivity contribution in [1.82, 2.24) is 5.01 Å². The maximum absolute atomic E-state index is 11.4. The van der Waals surface area contributed by atoms with Crippen LogP contribution in [0.5, 0.6) is 0 Å². The van der Waals surface area contributed by atoms with Gasteiger partial charge in [0, 0.05) is 18.6 Å². The van der Waals surface area contributed by atoms with Crippen LogP contribution >= 0.6 is 0 Å². The van der Waals surface area contributed by atoms with Crippen LogP contribution < -0.4 is 11.2 Å². The predicted octanol–water partition coefficient (Wildman–Crippen LogP) is 0.746. The standard InChI is InChI=1S/C14H15N3O3/c15-12(18)3-1-2-10-4-6-11(7-5-10)16-17-13(19)8-9-14(17)20/h4-9,16H,1-3H2,(H2,15,18). The first-order chi connectivity index (χ1) is 9.56. The highest BCUT2D eigenvalue weighted by atomic mass is 16.2. The summed E-state index contributed by atoms with van der Waals surface area (Å²) in [5.41, 5.74) is 9.52. The van der Waals surface area contributed by atoms with Crippen LogP contribution in [0.2, 0.25) is 0 Å². The second-order valence-corrected chi connectivity index (χ2v) is 4.47. The second kappa shape index (κ2) is 6.01. The number of benzene rings is 1. The molecule has 0 radical (unpaired) electrons. The molecule has 1 heterocycles. The summed E-state index contributed by atoms with van der Waals surface area (Å²) in [4.78, 5) is 33.4. The number of hydrogen-bond acceptors (Lipinski definition) is 4. The SMILES string of the molecule is NC(=O)CCCc1ccc(NN2C(=O)C=CC2=O)cc1. The summed E-state index contributed by atoms with van der Waals surface area (Å²) in [5.74, 6) is -1.08. The molecule has 0 spiro atoms. The largest absolute Gasteiger partial charge is 0.370 e. The lowest BCUT2D eigenvalue weighted by Gasteiger charge is -2.16. The minimum absolute atomic E-state index is 0.304. The first-order valence-corrected chi connectivity index (χ1v) is 6.26. The predicted molar refractivity (Wildman–Crippen MR) is 73.2 cm³/mol. The summed E-state index contributed by atoms with van der Waals surface area (Å²) in [5, 5.41) is 0.947. The number of nitrogens with two attached hydrogens (primary N) is 1. The van der Waals surface area contributed by atoms with Crippen LogP contribution in [-0.4, -0.2) is 22.7 Å². The van der Waals surface area contributed by atoms with Crippen LogP contribution in [0.4, 0.5) is 5.69 Å². The molecule has 0 bridgehead atoms. The summed E-state index contributed by atoms with van der Waals surface area (Å²) in [6, 6.07) is 7.31. The van der Waals surface area contributed by atoms with Gasteiger partial charge in [0.2, 0.25) is 5.91 Å². The molecular formula is C14H15N3O3. The van der Waals surface area contributed by atoms with E-state index < -0.39 is 0 Å². The van der Waals surface area contributed by atoms with E-state index in [0.717, 1.165) is 17.0 Å². The monoisotopic (exact) mass is 273 g/mol. The highest BCUT2D eigenvalue weighted by molar-refractivity contribution is 6.13. The molecule has 0 unspecified atom stereocenters. The molecule has 0 fully saturated rings. The molecule has 1 aliphatic rings. The van der Waals surface area contributed by atoms with Gasteiger partial charge in [0.05, 0.1) is 5.69 Å². The molecule has 0 saturated heterocycles. The number of aryl methyl sites for hydroxylation is 1. The third kappa shape index (κ3) is 3.44. The van der Waals surface area contributed by atoms with E-state index in [4.69, 9.17) is 5.73 Å². The van der Waals surface area contributed by atoms with Gasteiger partial charge in [-0.1, -0.05) is 12.1 Å². The molecule has 0 atom stereocenters. The van der Waals surface area contributed by atoms with E-state index in [2.05, 4.69) is 5.43 Å². The van der Waals surface area contributed by atoms with Crippen LogP contribution in [-0.2, 0) is 20.8 Å². The highest BCUT2D eigenvalue weighted by Crippen LogP contribution is 2.14. The third-order valence-electron chi connectivity index (χ3n) is 2.89. The number of imide groups is 1. The molecule has 3 N–H and O–H groups in total. The summed E-state index contributed by atoms with van der Waals surface area (Å²) in [6.45, 7) is 0. The highest BCUT2D eigenvalue weighted by Gasteiger charge is 2.23. The quantitative estimate of drug-likeness (QED) is 0.748. The molecule has 0 aliphatic carbocycles. The van der Waals surface area contributed by atoms with Crippen molar-refractivity contribution in [2.24, 2.45) is 5.73 Å². The minimum Gasteiger partial charge on any atom is -0.370 e. The lowest BCUT2D eigenvalue weighted by atomic mass is 10.1. The smallest absolute Gasteiger partial charge is 0.272 e. The van der Waals surface area contributed by atoms with Gasteiger partial charge in [-0.15, -0.1) is 0 Å². The average molecular weight is 273 g/mol. The zero-order valence-corrected chi connectivity index (χ0v) is 10.8. The first-order valence-electron chi connectivity index (χ1n) is 6.26. The Morgan fingerprint density at radius 1 is 1.10 bits per heavy atom. The molecule has 104 valence electrons. The van der Waals surface area contributed by atoms with Gasteiger partial charge in [-0.2, -0.15) is 5.01 Å². The fourth-order valence-corrected chi connectivity index (χ4v) is 1.85. The van der Waals surface area contributed by atoms with Crippen LogP contribution in [0, 0.1) is 0 Å². The van der Waals surface area contributed by atoms with E-state index in [1.807, 2.05) is 12.1 Å². The van der Waals surface area contributed by atoms with Crippen molar-refractivity contribution in [2.75, 3.05) is 5.43 Å². The number of rotatable bonds is 6. The number of hydrazine groups is 1. The van der Waals surface area contributed by atoms with Gasteiger partial charge in [0.1, 0.15) is 0 Å². The van der Waals surface area contributed by atoms with Crippen molar-refractivity contribution in [1.29, 1.82) is 0 Å². The molecule has 6 heteroatoms. The lowest BCUT2D eigenvalue weighted by molar-refractivity contribution is -0.135. The van der Waals surface area contributed by atoms with E-state index in [1.165, 1.54) is 12.2 Å². The van der Waals surface area contributed by atoms with E-state index >= 15 is 0 Å². The Hall–Kier alpha value is -2.63. The van der Waals surface area contributed by atoms with Gasteiger partial charge in [-0.25, -0.2) is 0 Å². The number of carbonyl (C=O) groups excluding carboxylic acids is 3. The third-order valence-corrected chi connectivity index (χ3v) is 2.89. The van der Waals surface area contributed by atoms with Crippen LogP contribution in [0.15, 0.2) is 36.4 Å². The molecular weight excluding hydrogens is 258 g/mol.